The Kier molecular flexibility index (Phi) is 27.1. The molecule has 96 heavy (non-hydrogen) atoms. The summed E-state index contributed by atoms with van der Waals surface area (Å²) in [7, 11) is 7.16. The van der Waals surface area contributed by atoms with E-state index in [9.17, 15) is 62.6 Å². The molecule has 11 amide bonds. The van der Waals surface area contributed by atoms with Crippen molar-refractivity contribution >= 4 is 94.5 Å². The van der Waals surface area contributed by atoms with E-state index in [1.807, 2.05) is 13.0 Å². The molecule has 3 saturated heterocycles. The maximum atomic E-state index is 14.5. The molecule has 6 rings (SSSR count). The first-order valence-corrected chi connectivity index (χ1v) is 32.0. The van der Waals surface area contributed by atoms with E-state index in [4.69, 9.17) is 50.6 Å². The number of allylic oxidation sites excluding steroid dienone is 3. The minimum Gasteiger partial charge on any atom is -0.495 e. The molecule has 0 unspecified atom stereocenters. The molecule has 526 valence electrons. The Labute approximate surface area is 561 Å². The molecule has 4 aliphatic rings. The van der Waals surface area contributed by atoms with Crippen molar-refractivity contribution in [1.29, 1.82) is 0 Å². The van der Waals surface area contributed by atoms with Crippen molar-refractivity contribution in [2.45, 2.75) is 179 Å². The number of aliphatic hydroxyl groups is 1. The number of benzene rings is 2. The number of epoxide rings is 1. The number of esters is 1. The lowest BCUT2D eigenvalue weighted by atomic mass is 9.83. The summed E-state index contributed by atoms with van der Waals surface area (Å²) in [5.41, 5.74) is 4.66. The van der Waals surface area contributed by atoms with E-state index >= 15 is 0 Å². The van der Waals surface area contributed by atoms with Gasteiger partial charge in [-0.3, -0.25) is 38.9 Å². The standard InChI is InChI=1S/C65H89ClN10O20/c1-36(2)56(71-49(77)19-12-13-20-54(82)96-76-51(79)25-26-52(76)80)59(84)70-43(17-15-28-68-61(67)86)58(83)69-42-23-21-40(22-24-42)35-92-63(88)73(7)29-27-50(78)74(8)39(5)60(85)94-48-33-53(81)75(9)44-31-41(32-45(90-10)55(44)66)30-37(3)16-14-18-47(91-11)65(89)34-46(93-62(87)72-65)38(4)57-64(48,6)95-57/h14,16,18,21-24,31-32,36,38-39,43,46-48,56-57,89H,12-13,15,17,19-20,25-30,33-35H2,1-11H3,(H,69,83)(H,70,84)(H,71,77)(H,72,87)(H3,67,68,86)/t38-,39+,43+,46+,47-,48+,56+,57+,64+,65+/m1/s1. The highest BCUT2D eigenvalue weighted by Crippen LogP contribution is 2.49. The lowest BCUT2D eigenvalue weighted by Crippen LogP contribution is -2.63. The second-order valence-corrected chi connectivity index (χ2v) is 25.2. The van der Waals surface area contributed by atoms with Crippen molar-refractivity contribution in [1.82, 2.24) is 36.1 Å². The maximum absolute atomic E-state index is 14.5. The van der Waals surface area contributed by atoms with Gasteiger partial charge in [0.05, 0.1) is 25.3 Å². The molecule has 8 N–H and O–H groups in total. The third-order valence-electron chi connectivity index (χ3n) is 17.2. The van der Waals surface area contributed by atoms with Crippen molar-refractivity contribution < 1.29 is 95.9 Å². The van der Waals surface area contributed by atoms with Crippen LogP contribution in [0.5, 0.6) is 5.75 Å². The minimum atomic E-state index is -1.92. The van der Waals surface area contributed by atoms with Gasteiger partial charge in [0, 0.05) is 91.5 Å². The summed E-state index contributed by atoms with van der Waals surface area (Å²) in [6, 6.07) is 5.47. The zero-order chi connectivity index (χ0) is 70.9. The third-order valence-corrected chi connectivity index (χ3v) is 17.6. The molecule has 2 aromatic carbocycles. The number of rotatable bonds is 26. The average molecular weight is 1370 g/mol. The number of carbonyl (C=O) groups is 12. The summed E-state index contributed by atoms with van der Waals surface area (Å²) in [5.74, 6) is -6.59. The van der Waals surface area contributed by atoms with E-state index in [2.05, 4.69) is 26.6 Å². The number of fused-ring (bicyclic) bond motifs is 5. The molecule has 30 nitrogen and oxygen atoms in total. The molecule has 0 spiro atoms. The Morgan fingerprint density at radius 3 is 2.24 bits per heavy atom. The average Bonchev–Trinajstić information content (AvgIpc) is 1.57. The number of alkyl carbamates (subject to hydrolysis) is 1. The number of primary amides is 1. The molecule has 4 bridgehead atoms. The van der Waals surface area contributed by atoms with Crippen LogP contribution >= 0.6 is 11.6 Å². The SMILES string of the molecule is COc1cc2cc(c1Cl)N(C)C(=O)C[C@H](OC(=O)[C@H](C)N(C)C(=O)CCN(C)C(=O)OCc1ccc(NC(=O)[C@H](CCCNC(N)=O)NC(=O)[C@@H](NC(=O)CCCCC(=O)ON3C(=O)CCC3=O)C(C)C)cc1)[C@]1(C)O[C@H]1[C@H](C)[C@@H]1C[C@@](O)(NC(=O)O1)[C@H](OC)C=CC=C(C)C2. The number of nitrogens with zero attached hydrogens (tertiary/aromatic N) is 4. The van der Waals surface area contributed by atoms with Crippen molar-refractivity contribution in [3.8, 4) is 5.75 Å². The van der Waals surface area contributed by atoms with Crippen LogP contribution in [0.4, 0.5) is 25.8 Å². The summed E-state index contributed by atoms with van der Waals surface area (Å²) >= 11 is 6.83. The van der Waals surface area contributed by atoms with Gasteiger partial charge in [0.2, 0.25) is 29.5 Å². The number of hydrogen-bond acceptors (Lipinski definition) is 20. The van der Waals surface area contributed by atoms with Gasteiger partial charge in [-0.15, -0.1) is 5.06 Å². The highest BCUT2D eigenvalue weighted by Gasteiger charge is 2.64. The second-order valence-electron chi connectivity index (χ2n) is 24.9. The lowest BCUT2D eigenvalue weighted by Gasteiger charge is -2.42. The summed E-state index contributed by atoms with van der Waals surface area (Å²) in [4.78, 5) is 165. The van der Waals surface area contributed by atoms with E-state index in [1.54, 1.807) is 64.1 Å². The van der Waals surface area contributed by atoms with E-state index in [1.165, 1.54) is 64.2 Å². The van der Waals surface area contributed by atoms with E-state index in [-0.39, 0.29) is 88.9 Å². The number of carbonyl (C=O) groups excluding carboxylic acids is 12. The lowest BCUT2D eigenvalue weighted by molar-refractivity contribution is -0.197. The topological polar surface area (TPSA) is 392 Å². The largest absolute Gasteiger partial charge is 0.495 e. The van der Waals surface area contributed by atoms with Crippen molar-refractivity contribution in [3.05, 3.63) is 76.3 Å². The second kappa shape index (κ2) is 34.2. The summed E-state index contributed by atoms with van der Waals surface area (Å²) in [5, 5.41) is 25.6. The van der Waals surface area contributed by atoms with Gasteiger partial charge in [-0.2, -0.15) is 0 Å². The molecule has 3 fully saturated rings. The predicted octanol–water partition coefficient (Wildman–Crippen LogP) is 4.35. The van der Waals surface area contributed by atoms with Gasteiger partial charge in [-0.1, -0.05) is 68.3 Å². The van der Waals surface area contributed by atoms with Gasteiger partial charge in [0.25, 0.3) is 11.8 Å². The summed E-state index contributed by atoms with van der Waals surface area (Å²) in [6.07, 6.45) is -0.737. The number of amides is 11. The quantitative estimate of drug-likeness (QED) is 0.0226. The number of hydroxylamine groups is 2. The molecule has 4 heterocycles. The van der Waals surface area contributed by atoms with Crippen LogP contribution in [0, 0.1) is 11.8 Å². The van der Waals surface area contributed by atoms with Crippen LogP contribution in [-0.2, 0) is 84.7 Å². The highest BCUT2D eigenvalue weighted by atomic mass is 35.5. The number of ether oxygens (including phenoxy) is 6. The van der Waals surface area contributed by atoms with Gasteiger partial charge in [0.1, 0.15) is 59.4 Å². The fraction of sp³-hybridized carbons (Fsp3) is 0.569. The Bertz CT molecular complexity index is 3280. The molecule has 2 aromatic rings. The first-order chi connectivity index (χ1) is 45.3. The number of imide groups is 1. The van der Waals surface area contributed by atoms with E-state index in [0.717, 1.165) is 16.0 Å². The molecule has 10 atom stereocenters. The number of urea groups is 1. The molecule has 31 heteroatoms. The van der Waals surface area contributed by atoms with Gasteiger partial charge >= 0.3 is 30.2 Å². The number of nitrogens with one attached hydrogen (secondary N) is 5. The minimum absolute atomic E-state index is 0.0434. The molecular weight excluding hydrogens is 1280 g/mol. The smallest absolute Gasteiger partial charge is 0.409 e. The van der Waals surface area contributed by atoms with Crippen LogP contribution in [0.2, 0.25) is 5.02 Å². The Hall–Kier alpha value is -8.87. The molecule has 4 aliphatic heterocycles. The first-order valence-electron chi connectivity index (χ1n) is 31.6. The third kappa shape index (κ3) is 20.6. The van der Waals surface area contributed by atoms with E-state index < -0.39 is 144 Å². The Balaban J connectivity index is 1.03. The molecule has 0 radical (unpaired) electrons. The maximum Gasteiger partial charge on any atom is 0.409 e. The number of likely N-dealkylation sites (N-methyl/N-ethyl adjacent to an activating group) is 1. The highest BCUT2D eigenvalue weighted by molar-refractivity contribution is 6.35. The number of halogens is 1. The fourth-order valence-corrected chi connectivity index (χ4v) is 11.4. The Morgan fingerprint density at radius 1 is 0.917 bits per heavy atom. The van der Waals surface area contributed by atoms with Crippen LogP contribution in [-0.4, -0.2) is 194 Å². The number of unbranched alkanes of at least 4 members (excludes halogenated alkanes) is 1. The van der Waals surface area contributed by atoms with Gasteiger partial charge < -0.3 is 80.1 Å². The van der Waals surface area contributed by atoms with Crippen molar-refractivity contribution in [2.75, 3.05) is 58.7 Å². The summed E-state index contributed by atoms with van der Waals surface area (Å²) in [6.45, 7) is 9.83. The predicted molar refractivity (Wildman–Crippen MR) is 345 cm³/mol. The van der Waals surface area contributed by atoms with Crippen LogP contribution < -0.4 is 42.0 Å². The van der Waals surface area contributed by atoms with Gasteiger partial charge in [-0.05, 0) is 94.2 Å². The molecule has 0 saturated carbocycles. The number of anilines is 2. The molecule has 0 aliphatic carbocycles. The van der Waals surface area contributed by atoms with Crippen LogP contribution in [0.1, 0.15) is 123 Å². The normalized spacial score (nSPS) is 22.8. The summed E-state index contributed by atoms with van der Waals surface area (Å²) < 4.78 is 35.0. The van der Waals surface area contributed by atoms with E-state index in [0.29, 0.717) is 34.2 Å². The van der Waals surface area contributed by atoms with Crippen LogP contribution in [0.25, 0.3) is 0 Å². The number of methoxy groups -OCH3 is 2. The first kappa shape index (κ1) is 76.2. The zero-order valence-corrected chi connectivity index (χ0v) is 56.7. The van der Waals surface area contributed by atoms with Gasteiger partial charge in [0.15, 0.2) is 5.72 Å². The van der Waals surface area contributed by atoms with Gasteiger partial charge in [-0.25, -0.2) is 24.0 Å². The molecular formula is C65H89ClN10O20. The number of hydrogen-bond donors (Lipinski definition) is 7. The Morgan fingerprint density at radius 2 is 1.59 bits per heavy atom. The fourth-order valence-electron chi connectivity index (χ4n) is 11.1. The van der Waals surface area contributed by atoms with Crippen LogP contribution in [0.15, 0.2) is 60.2 Å². The van der Waals surface area contributed by atoms with Crippen molar-refractivity contribution in [3.63, 3.8) is 0 Å². The zero-order valence-electron chi connectivity index (χ0n) is 55.9. The number of nitrogens with two attached hydrogens (primary N) is 1. The monoisotopic (exact) mass is 1360 g/mol. The van der Waals surface area contributed by atoms with Crippen molar-refractivity contribution in [2.24, 2.45) is 17.6 Å². The van der Waals surface area contributed by atoms with Crippen LogP contribution in [0.3, 0.4) is 0 Å². The molecule has 0 aromatic heterocycles.